The Kier molecular flexibility index (Phi) is 9.39. The molecule has 0 unspecified atom stereocenters. The molecule has 0 spiro atoms. The van der Waals surface area contributed by atoms with Gasteiger partial charge in [0.15, 0.2) is 12.2 Å². The van der Waals surface area contributed by atoms with E-state index in [2.05, 4.69) is 67.2 Å². The van der Waals surface area contributed by atoms with Gasteiger partial charge in [-0.3, -0.25) is 4.79 Å². The molecule has 0 heterocycles. The normalized spacial score (nSPS) is 11.7. The van der Waals surface area contributed by atoms with Crippen molar-refractivity contribution in [1.82, 2.24) is 0 Å². The van der Waals surface area contributed by atoms with Crippen LogP contribution in [0.25, 0.3) is 0 Å². The minimum Gasteiger partial charge on any atom is -0.486 e. The van der Waals surface area contributed by atoms with E-state index in [1.807, 2.05) is 55.5 Å². The largest absolute Gasteiger partial charge is 0.486 e. The Bertz CT molecular complexity index is 1280. The molecule has 202 valence electrons. The van der Waals surface area contributed by atoms with Crippen molar-refractivity contribution >= 4 is 24.5 Å². The number of Topliss-reactive ketones (excluding diaryl/α,β-unsaturated/α-hetero) is 1. The first-order valence-electron chi connectivity index (χ1n) is 13.5. The second kappa shape index (κ2) is 12.9. The summed E-state index contributed by atoms with van der Waals surface area (Å²) in [5.74, 6) is 1.22. The number of benzene rings is 4. The molecule has 0 saturated heterocycles. The van der Waals surface area contributed by atoms with Crippen LogP contribution in [-0.2, 0) is 15.6 Å². The highest BCUT2D eigenvalue weighted by atomic mass is 28.4. The van der Waals surface area contributed by atoms with Crippen LogP contribution in [0.4, 0.5) is 0 Å². The third-order valence-electron chi connectivity index (χ3n) is 7.01. The van der Waals surface area contributed by atoms with E-state index in [9.17, 15) is 4.79 Å². The van der Waals surface area contributed by atoms with Crippen LogP contribution in [0.5, 0.6) is 11.5 Å². The van der Waals surface area contributed by atoms with Gasteiger partial charge in [0, 0.05) is 6.61 Å². The monoisotopic (exact) mass is 538 g/mol. The zero-order chi connectivity index (χ0) is 27.7. The van der Waals surface area contributed by atoms with Gasteiger partial charge in [-0.15, -0.1) is 0 Å². The maximum atomic E-state index is 12.8. The van der Waals surface area contributed by atoms with Crippen molar-refractivity contribution < 1.29 is 18.7 Å². The molecule has 0 N–H and O–H groups in total. The Labute approximate surface area is 233 Å². The summed E-state index contributed by atoms with van der Waals surface area (Å²) in [5.41, 5.74) is 1.36. The maximum Gasteiger partial charge on any atom is 0.252 e. The van der Waals surface area contributed by atoms with Crippen LogP contribution in [0.15, 0.2) is 109 Å². The van der Waals surface area contributed by atoms with E-state index in [1.54, 1.807) is 13.8 Å². The molecular formula is C34H38O4Si. The molecule has 4 rings (SSSR count). The highest BCUT2D eigenvalue weighted by Gasteiger charge is 2.33. The number of ether oxygens (including phenoxy) is 2. The molecule has 0 amide bonds. The van der Waals surface area contributed by atoms with Crippen LogP contribution in [0.1, 0.15) is 31.4 Å². The molecule has 0 saturated carbocycles. The number of aryl methyl sites for hydroxylation is 2. The van der Waals surface area contributed by atoms with Crippen molar-refractivity contribution in [3.8, 4) is 11.5 Å². The van der Waals surface area contributed by atoms with Crippen molar-refractivity contribution in [2.24, 2.45) is 0 Å². The fourth-order valence-corrected chi connectivity index (χ4v) is 7.31. The van der Waals surface area contributed by atoms with Crippen molar-refractivity contribution in [3.05, 3.63) is 120 Å². The lowest BCUT2D eigenvalue weighted by Crippen LogP contribution is -2.58. The van der Waals surface area contributed by atoms with E-state index in [1.165, 1.54) is 15.9 Å². The number of hydrogen-bond donors (Lipinski definition) is 0. The fourth-order valence-electron chi connectivity index (χ4n) is 4.43. The van der Waals surface area contributed by atoms with Crippen molar-refractivity contribution in [2.75, 3.05) is 13.2 Å². The molecule has 4 aromatic rings. The van der Waals surface area contributed by atoms with Gasteiger partial charge in [-0.25, -0.2) is 0 Å². The Hall–Kier alpha value is -3.67. The van der Waals surface area contributed by atoms with Gasteiger partial charge in [0.2, 0.25) is 5.78 Å². The van der Waals surface area contributed by atoms with Crippen LogP contribution < -0.4 is 19.8 Å². The predicted molar refractivity (Wildman–Crippen MR) is 161 cm³/mol. The van der Waals surface area contributed by atoms with Gasteiger partial charge in [0.05, 0.1) is 0 Å². The number of carbonyl (C=O) groups excluding carboxylic acids is 1. The average molecular weight is 539 g/mol. The summed E-state index contributed by atoms with van der Waals surface area (Å²) in [7, 11) is -2.28. The summed E-state index contributed by atoms with van der Waals surface area (Å²) in [6, 6.07) is 36.8. The zero-order valence-electron chi connectivity index (χ0n) is 23.4. The molecule has 39 heavy (non-hydrogen) atoms. The summed E-state index contributed by atoms with van der Waals surface area (Å²) in [4.78, 5) is 12.8. The van der Waals surface area contributed by atoms with Gasteiger partial charge < -0.3 is 13.9 Å². The minimum atomic E-state index is -2.28. The lowest BCUT2D eigenvalue weighted by atomic mass is 10.0. The van der Waals surface area contributed by atoms with E-state index in [0.29, 0.717) is 18.1 Å². The lowest BCUT2D eigenvalue weighted by Gasteiger charge is -2.28. The topological polar surface area (TPSA) is 44.8 Å². The molecule has 0 aromatic heterocycles. The van der Waals surface area contributed by atoms with Gasteiger partial charge in [-0.05, 0) is 80.4 Å². The number of rotatable bonds is 13. The number of ketones is 1. The highest BCUT2D eigenvalue weighted by molar-refractivity contribution is 6.96. The van der Waals surface area contributed by atoms with E-state index < -0.39 is 13.9 Å². The van der Waals surface area contributed by atoms with Gasteiger partial charge in [-0.1, -0.05) is 90.5 Å². The molecule has 0 fully saturated rings. The summed E-state index contributed by atoms with van der Waals surface area (Å²) in [5, 5.41) is 2.55. The SMILES string of the molecule is Cc1ccc(OCC(=O)C(C)(C)Oc2ccc(CCCO[Si](C)(c3ccccc3)c3ccccc3)cc2)cc1. The summed E-state index contributed by atoms with van der Waals surface area (Å²) < 4.78 is 18.4. The van der Waals surface area contributed by atoms with E-state index in [4.69, 9.17) is 13.9 Å². The lowest BCUT2D eigenvalue weighted by molar-refractivity contribution is -0.134. The van der Waals surface area contributed by atoms with Gasteiger partial charge in [-0.2, -0.15) is 0 Å². The first kappa shape index (κ1) is 28.3. The van der Waals surface area contributed by atoms with Crippen molar-refractivity contribution in [3.63, 3.8) is 0 Å². The zero-order valence-corrected chi connectivity index (χ0v) is 24.4. The first-order chi connectivity index (χ1) is 18.8. The second-order valence-corrected chi connectivity index (χ2v) is 14.0. The quantitative estimate of drug-likeness (QED) is 0.152. The molecule has 5 heteroatoms. The smallest absolute Gasteiger partial charge is 0.252 e. The van der Waals surface area contributed by atoms with Crippen molar-refractivity contribution in [1.29, 1.82) is 0 Å². The third-order valence-corrected chi connectivity index (χ3v) is 10.7. The van der Waals surface area contributed by atoms with Crippen LogP contribution in [0, 0.1) is 6.92 Å². The standard InChI is InChI=1S/C34H38O4Si/c1-27-17-21-29(22-18-27)36-26-33(35)34(2,3)38-30-23-19-28(20-24-30)12-11-25-37-39(4,31-13-7-5-8-14-31)32-15-9-6-10-16-32/h5-10,13-24H,11-12,25-26H2,1-4H3. The van der Waals surface area contributed by atoms with Crippen molar-refractivity contribution in [2.45, 2.75) is 45.8 Å². The minimum absolute atomic E-state index is 0.0393. The van der Waals surface area contributed by atoms with Gasteiger partial charge >= 0.3 is 0 Å². The van der Waals surface area contributed by atoms with Crippen LogP contribution in [0.3, 0.4) is 0 Å². The van der Waals surface area contributed by atoms with Gasteiger partial charge in [0.1, 0.15) is 11.5 Å². The fraction of sp³-hybridized carbons (Fsp3) is 0.265. The second-order valence-electron chi connectivity index (χ2n) is 10.5. The molecule has 0 radical (unpaired) electrons. The molecule has 0 aliphatic heterocycles. The first-order valence-corrected chi connectivity index (χ1v) is 15.9. The van der Waals surface area contributed by atoms with Crippen LogP contribution in [-0.4, -0.2) is 32.9 Å². The molecule has 0 atom stereocenters. The number of carbonyl (C=O) groups is 1. The molecular weight excluding hydrogens is 500 g/mol. The number of hydrogen-bond acceptors (Lipinski definition) is 4. The maximum absolute atomic E-state index is 12.8. The molecule has 0 aliphatic carbocycles. The Morgan fingerprint density at radius 3 is 1.85 bits per heavy atom. The Morgan fingerprint density at radius 1 is 0.744 bits per heavy atom. The Morgan fingerprint density at radius 2 is 1.28 bits per heavy atom. The molecule has 4 aromatic carbocycles. The highest BCUT2D eigenvalue weighted by Crippen LogP contribution is 2.21. The Balaban J connectivity index is 1.28. The molecule has 0 bridgehead atoms. The predicted octanol–water partition coefficient (Wildman–Crippen LogP) is 6.14. The average Bonchev–Trinajstić information content (AvgIpc) is 2.96. The summed E-state index contributed by atoms with van der Waals surface area (Å²) in [6.07, 6.45) is 1.82. The van der Waals surface area contributed by atoms with Crippen LogP contribution >= 0.6 is 0 Å². The summed E-state index contributed by atoms with van der Waals surface area (Å²) in [6.45, 7) is 8.49. The molecule has 4 nitrogen and oxygen atoms in total. The van der Waals surface area contributed by atoms with E-state index >= 15 is 0 Å². The molecule has 0 aliphatic rings. The summed E-state index contributed by atoms with van der Waals surface area (Å²) >= 11 is 0. The van der Waals surface area contributed by atoms with Crippen LogP contribution in [0.2, 0.25) is 6.55 Å². The van der Waals surface area contributed by atoms with E-state index in [-0.39, 0.29) is 12.4 Å². The third kappa shape index (κ3) is 7.68. The van der Waals surface area contributed by atoms with E-state index in [0.717, 1.165) is 18.4 Å². The van der Waals surface area contributed by atoms with Gasteiger partial charge in [0.25, 0.3) is 8.32 Å².